The van der Waals surface area contributed by atoms with E-state index in [0.29, 0.717) is 42.0 Å². The lowest BCUT2D eigenvalue weighted by Gasteiger charge is -2.25. The smallest absolute Gasteiger partial charge is 0.320 e. The van der Waals surface area contributed by atoms with Crippen molar-refractivity contribution in [2.24, 2.45) is 0 Å². The molecule has 2 aliphatic rings. The molecular weight excluding hydrogens is 626 g/mol. The highest BCUT2D eigenvalue weighted by Gasteiger charge is 2.31. The molecule has 248 valence electrons. The Morgan fingerprint density at radius 3 is 2.08 bits per heavy atom. The van der Waals surface area contributed by atoms with E-state index in [-0.39, 0.29) is 17.1 Å². The average Bonchev–Trinajstić information content (AvgIpc) is 3.33. The third-order valence-corrected chi connectivity index (χ3v) is 8.13. The minimum atomic E-state index is -4.54. The molecule has 4 N–H and O–H groups in total. The van der Waals surface area contributed by atoms with Crippen LogP contribution in [0.4, 0.5) is 39.4 Å². The van der Waals surface area contributed by atoms with E-state index in [1.807, 2.05) is 25.1 Å². The summed E-state index contributed by atoms with van der Waals surface area (Å²) in [5.41, 5.74) is 4.43. The first-order valence-electron chi connectivity index (χ1n) is 15.4. The van der Waals surface area contributed by atoms with Crippen molar-refractivity contribution < 1.29 is 27.2 Å². The Bertz CT molecular complexity index is 1900. The third kappa shape index (κ3) is 7.02. The predicted molar refractivity (Wildman–Crippen MR) is 177 cm³/mol. The zero-order valence-electron chi connectivity index (χ0n) is 26.2. The van der Waals surface area contributed by atoms with Crippen LogP contribution in [0.3, 0.4) is 0 Å². The Labute approximate surface area is 274 Å². The van der Waals surface area contributed by atoms with Gasteiger partial charge in [0.05, 0.1) is 16.9 Å². The van der Waals surface area contributed by atoms with Crippen LogP contribution in [-0.2, 0) is 12.6 Å². The number of nitrogens with zero attached hydrogens (tertiary/aromatic N) is 3. The number of aryl methyl sites for hydroxylation is 1. The van der Waals surface area contributed by atoms with Crippen molar-refractivity contribution in [2.75, 3.05) is 41.8 Å². The second-order valence-electron chi connectivity index (χ2n) is 11.6. The van der Waals surface area contributed by atoms with E-state index >= 15 is 0 Å². The maximum atomic E-state index is 15.0. The van der Waals surface area contributed by atoms with E-state index in [1.165, 1.54) is 16.4 Å². The zero-order chi connectivity index (χ0) is 34.0. The molecule has 0 spiro atoms. The van der Waals surface area contributed by atoms with Gasteiger partial charge < -0.3 is 21.3 Å². The Kier molecular flexibility index (Phi) is 9.16. The summed E-state index contributed by atoms with van der Waals surface area (Å²) < 4.78 is 54.5. The van der Waals surface area contributed by atoms with Crippen LogP contribution in [-0.4, -0.2) is 48.0 Å². The van der Waals surface area contributed by atoms with E-state index in [2.05, 4.69) is 26.4 Å². The highest BCUT2D eigenvalue weighted by atomic mass is 19.4. The van der Waals surface area contributed by atoms with Crippen LogP contribution in [0.1, 0.15) is 45.4 Å². The molecule has 1 aromatic heterocycles. The minimum Gasteiger partial charge on any atom is -0.320 e. The number of benzene rings is 3. The van der Waals surface area contributed by atoms with E-state index in [9.17, 15) is 27.2 Å². The second-order valence-corrected chi connectivity index (χ2v) is 11.6. The number of carbonyl (C=O) groups excluding carboxylic acids is 2. The number of anilines is 3. The summed E-state index contributed by atoms with van der Waals surface area (Å²) in [5.74, 6) is -1.14. The summed E-state index contributed by atoms with van der Waals surface area (Å²) in [5, 5.41) is 17.4. The normalized spacial score (nSPS) is 14.1. The molecule has 0 atom stereocenters. The number of hydrogen-bond donors (Lipinski definition) is 4. The molecule has 0 bridgehead atoms. The van der Waals surface area contributed by atoms with Gasteiger partial charge in [0.2, 0.25) is 0 Å². The quantitative estimate of drug-likeness (QED) is 0.159. The lowest BCUT2D eigenvalue weighted by molar-refractivity contribution is -0.137. The van der Waals surface area contributed by atoms with Crippen molar-refractivity contribution in [3.05, 3.63) is 117 Å². The van der Waals surface area contributed by atoms with Crippen LogP contribution >= 0.6 is 0 Å². The molecule has 13 heteroatoms. The highest BCUT2D eigenvalue weighted by molar-refractivity contribution is 6.06. The Morgan fingerprint density at radius 1 is 0.896 bits per heavy atom. The number of halogens is 4. The number of aromatic nitrogens is 2. The minimum absolute atomic E-state index is 0.0216. The Morgan fingerprint density at radius 2 is 1.52 bits per heavy atom. The number of carbonyl (C=O) groups is 2. The van der Waals surface area contributed by atoms with Gasteiger partial charge in [0.15, 0.2) is 5.69 Å². The van der Waals surface area contributed by atoms with Gasteiger partial charge in [-0.3, -0.25) is 4.79 Å². The molecule has 0 saturated carbocycles. The summed E-state index contributed by atoms with van der Waals surface area (Å²) in [6, 6.07) is 14.7. The van der Waals surface area contributed by atoms with Crippen molar-refractivity contribution in [1.29, 1.82) is 0 Å². The summed E-state index contributed by atoms with van der Waals surface area (Å²) in [6.07, 6.45) is -0.312. The van der Waals surface area contributed by atoms with Crippen LogP contribution in [0.15, 0.2) is 77.9 Å². The van der Waals surface area contributed by atoms with Gasteiger partial charge in [-0.25, -0.2) is 9.18 Å². The SMILES string of the molecule is CCc1nn(N(C(=O)Nc2ccc(C(F)(F)F)cc2)c2ccc(C=C3CNC3)cc2)c(C(=O)Nc2ccc(C=C3CNC3)c(F)c2)c1C. The topological polar surface area (TPSA) is 103 Å². The number of nitrogens with one attached hydrogen (secondary N) is 4. The van der Waals surface area contributed by atoms with E-state index in [0.717, 1.165) is 53.5 Å². The first kappa shape index (κ1) is 32.7. The van der Waals surface area contributed by atoms with Crippen molar-refractivity contribution in [2.45, 2.75) is 26.4 Å². The molecule has 3 aromatic carbocycles. The predicted octanol–water partition coefficient (Wildman–Crippen LogP) is 6.64. The molecular formula is C35H33F4N7O2. The van der Waals surface area contributed by atoms with Crippen LogP contribution in [0.2, 0.25) is 0 Å². The van der Waals surface area contributed by atoms with E-state index in [1.54, 1.807) is 37.3 Å². The molecule has 0 unspecified atom stereocenters. The molecule has 0 radical (unpaired) electrons. The number of rotatable bonds is 8. The molecule has 2 fully saturated rings. The maximum absolute atomic E-state index is 15.0. The van der Waals surface area contributed by atoms with Gasteiger partial charge in [0.1, 0.15) is 5.82 Å². The summed E-state index contributed by atoms with van der Waals surface area (Å²) >= 11 is 0. The van der Waals surface area contributed by atoms with Crippen LogP contribution in [0.5, 0.6) is 0 Å². The van der Waals surface area contributed by atoms with Gasteiger partial charge in [-0.05, 0) is 84.7 Å². The molecule has 9 nitrogen and oxygen atoms in total. The first-order chi connectivity index (χ1) is 23.0. The van der Waals surface area contributed by atoms with Gasteiger partial charge in [-0.2, -0.15) is 28.1 Å². The molecule has 3 amide bonds. The molecule has 0 aliphatic carbocycles. The van der Waals surface area contributed by atoms with Crippen LogP contribution in [0.25, 0.3) is 12.2 Å². The fourth-order valence-corrected chi connectivity index (χ4v) is 5.32. The zero-order valence-corrected chi connectivity index (χ0v) is 26.2. The van der Waals surface area contributed by atoms with Crippen LogP contribution < -0.4 is 26.3 Å². The largest absolute Gasteiger partial charge is 0.416 e. The summed E-state index contributed by atoms with van der Waals surface area (Å²) in [4.78, 5) is 29.0. The standard InChI is InChI=1S/C35H33F4N7O2/c1-3-31-21(2)32(33(47)42-28-9-6-25(30(36)16-28)15-24-19-41-20-24)46(44-31)45(29-12-4-22(5-13-29)14-23-17-40-18-23)34(48)43-27-10-7-26(8-11-27)35(37,38)39/h4-16,40-41H,3,17-20H2,1-2H3,(H,42,47)(H,43,48). The maximum Gasteiger partial charge on any atom is 0.416 e. The van der Waals surface area contributed by atoms with Gasteiger partial charge >= 0.3 is 12.2 Å². The van der Waals surface area contributed by atoms with Crippen molar-refractivity contribution >= 4 is 41.2 Å². The monoisotopic (exact) mass is 659 g/mol. The lowest BCUT2D eigenvalue weighted by Crippen LogP contribution is -2.42. The first-order valence-corrected chi connectivity index (χ1v) is 15.4. The summed E-state index contributed by atoms with van der Waals surface area (Å²) in [7, 11) is 0. The molecule has 48 heavy (non-hydrogen) atoms. The fraction of sp³-hybridized carbons (Fsp3) is 0.229. The number of amides is 3. The Hall–Kier alpha value is -5.27. The van der Waals surface area contributed by atoms with Crippen LogP contribution in [0, 0.1) is 12.7 Å². The molecule has 4 aromatic rings. The van der Waals surface area contributed by atoms with Gasteiger partial charge in [0.25, 0.3) is 5.91 Å². The number of hydrogen-bond acceptors (Lipinski definition) is 5. The van der Waals surface area contributed by atoms with Gasteiger partial charge in [-0.15, -0.1) is 0 Å². The van der Waals surface area contributed by atoms with Gasteiger partial charge in [0, 0.05) is 48.7 Å². The summed E-state index contributed by atoms with van der Waals surface area (Å²) in [6.45, 7) is 6.52. The lowest BCUT2D eigenvalue weighted by atomic mass is 10.1. The number of urea groups is 1. The van der Waals surface area contributed by atoms with Gasteiger partial charge in [-0.1, -0.05) is 31.2 Å². The van der Waals surface area contributed by atoms with Crippen molar-refractivity contribution in [3.63, 3.8) is 0 Å². The van der Waals surface area contributed by atoms with Crippen molar-refractivity contribution in [3.8, 4) is 0 Å². The highest BCUT2D eigenvalue weighted by Crippen LogP contribution is 2.30. The molecule has 2 saturated heterocycles. The second kappa shape index (κ2) is 13.5. The molecule has 3 heterocycles. The fourth-order valence-electron chi connectivity index (χ4n) is 5.32. The van der Waals surface area contributed by atoms with E-state index in [4.69, 9.17) is 0 Å². The number of alkyl halides is 3. The van der Waals surface area contributed by atoms with E-state index < -0.39 is 29.5 Å². The van der Waals surface area contributed by atoms with Crippen molar-refractivity contribution in [1.82, 2.24) is 20.5 Å². The molecule has 6 rings (SSSR count). The third-order valence-electron chi connectivity index (χ3n) is 8.13. The average molecular weight is 660 g/mol. The Balaban J connectivity index is 1.35. The molecule has 2 aliphatic heterocycles.